The second-order valence-electron chi connectivity index (χ2n) is 5.42. The Morgan fingerprint density at radius 1 is 1.20 bits per heavy atom. The molecule has 1 aromatic carbocycles. The van der Waals surface area contributed by atoms with Crippen LogP contribution in [0.15, 0.2) is 23.1 Å². The minimum Gasteiger partial charge on any atom is -0.325 e. The number of carbonyl (C=O) groups excluding carboxylic acids is 1. The van der Waals surface area contributed by atoms with Crippen molar-refractivity contribution in [1.82, 2.24) is 4.31 Å². The normalized spacial score (nSPS) is 23.4. The van der Waals surface area contributed by atoms with Gasteiger partial charge in [-0.1, -0.05) is 6.42 Å². The van der Waals surface area contributed by atoms with Crippen LogP contribution in [0.3, 0.4) is 0 Å². The highest BCUT2D eigenvalue weighted by molar-refractivity contribution is 7.89. The van der Waals surface area contributed by atoms with Crippen LogP contribution in [0.2, 0.25) is 0 Å². The Bertz CT molecular complexity index is 648. The Balaban J connectivity index is 1.97. The van der Waals surface area contributed by atoms with E-state index in [0.29, 0.717) is 18.0 Å². The summed E-state index contributed by atoms with van der Waals surface area (Å²) < 4.78 is 26.7. The number of nitrogens with zero attached hydrogens (tertiary/aromatic N) is 1. The van der Waals surface area contributed by atoms with Crippen LogP contribution in [0.4, 0.5) is 5.69 Å². The summed E-state index contributed by atoms with van der Waals surface area (Å²) in [6, 6.07) is 4.91. The van der Waals surface area contributed by atoms with E-state index in [-0.39, 0.29) is 11.8 Å². The van der Waals surface area contributed by atoms with Crippen LogP contribution in [-0.2, 0) is 14.8 Å². The number of hydrogen-bond acceptors (Lipinski definition) is 3. The lowest BCUT2D eigenvalue weighted by molar-refractivity contribution is -0.116. The standard InChI is InChI=1S/C14H18N2O3S/c1-10-12-9-11(5-6-13(12)15-14(10)17)20(18,19)16-7-3-2-4-8-16/h5-6,9-10H,2-4,7-8H2,1H3,(H,15,17)/t10-/m1/s1. The van der Waals surface area contributed by atoms with Crippen LogP contribution in [-0.4, -0.2) is 31.7 Å². The van der Waals surface area contributed by atoms with Crippen molar-refractivity contribution in [2.45, 2.75) is 37.0 Å². The zero-order valence-corrected chi connectivity index (χ0v) is 12.2. The number of sulfonamides is 1. The largest absolute Gasteiger partial charge is 0.325 e. The summed E-state index contributed by atoms with van der Waals surface area (Å²) in [6.07, 6.45) is 2.92. The van der Waals surface area contributed by atoms with E-state index in [0.717, 1.165) is 30.5 Å². The molecule has 5 nitrogen and oxygen atoms in total. The van der Waals surface area contributed by atoms with Crippen molar-refractivity contribution < 1.29 is 13.2 Å². The van der Waals surface area contributed by atoms with Crippen LogP contribution in [0, 0.1) is 0 Å². The number of rotatable bonds is 2. The second-order valence-corrected chi connectivity index (χ2v) is 7.36. The third-order valence-corrected chi connectivity index (χ3v) is 5.99. The molecule has 1 N–H and O–H groups in total. The van der Waals surface area contributed by atoms with Crippen molar-refractivity contribution in [3.63, 3.8) is 0 Å². The van der Waals surface area contributed by atoms with Gasteiger partial charge in [0.1, 0.15) is 0 Å². The molecule has 108 valence electrons. The summed E-state index contributed by atoms with van der Waals surface area (Å²) in [6.45, 7) is 2.97. The average molecular weight is 294 g/mol. The number of benzene rings is 1. The highest BCUT2D eigenvalue weighted by Gasteiger charge is 2.31. The molecule has 2 aliphatic heterocycles. The maximum absolute atomic E-state index is 12.6. The molecule has 1 aromatic rings. The van der Waals surface area contributed by atoms with Gasteiger partial charge >= 0.3 is 0 Å². The summed E-state index contributed by atoms with van der Waals surface area (Å²) in [4.78, 5) is 11.9. The van der Waals surface area contributed by atoms with E-state index >= 15 is 0 Å². The Kier molecular flexibility index (Phi) is 3.30. The van der Waals surface area contributed by atoms with Crippen LogP contribution in [0.1, 0.15) is 37.7 Å². The van der Waals surface area contributed by atoms with Gasteiger partial charge in [0.2, 0.25) is 15.9 Å². The van der Waals surface area contributed by atoms with Crippen LogP contribution in [0.5, 0.6) is 0 Å². The predicted molar refractivity (Wildman–Crippen MR) is 76.1 cm³/mol. The van der Waals surface area contributed by atoms with Gasteiger partial charge in [0.15, 0.2) is 0 Å². The number of anilines is 1. The average Bonchev–Trinajstić information content (AvgIpc) is 2.75. The maximum atomic E-state index is 12.6. The summed E-state index contributed by atoms with van der Waals surface area (Å²) in [5, 5.41) is 2.76. The third kappa shape index (κ3) is 2.13. The molecular weight excluding hydrogens is 276 g/mol. The van der Waals surface area contributed by atoms with E-state index in [1.54, 1.807) is 29.4 Å². The third-order valence-electron chi connectivity index (χ3n) is 4.09. The molecule has 6 heteroatoms. The fraction of sp³-hybridized carbons (Fsp3) is 0.500. The first-order chi connectivity index (χ1) is 9.50. The summed E-state index contributed by atoms with van der Waals surface area (Å²) in [7, 11) is -3.43. The van der Waals surface area contributed by atoms with Crippen molar-refractivity contribution in [2.24, 2.45) is 0 Å². The summed E-state index contributed by atoms with van der Waals surface area (Å²) in [5.74, 6) is -0.367. The highest BCUT2D eigenvalue weighted by atomic mass is 32.2. The van der Waals surface area contributed by atoms with E-state index in [9.17, 15) is 13.2 Å². The molecule has 1 fully saturated rings. The number of hydrogen-bond donors (Lipinski definition) is 1. The van der Waals surface area contributed by atoms with E-state index in [2.05, 4.69) is 5.32 Å². The number of fused-ring (bicyclic) bond motifs is 1. The van der Waals surface area contributed by atoms with E-state index in [1.165, 1.54) is 0 Å². The summed E-state index contributed by atoms with van der Waals surface area (Å²) in [5.41, 5.74) is 1.49. The van der Waals surface area contributed by atoms with Crippen LogP contribution >= 0.6 is 0 Å². The molecule has 0 aromatic heterocycles. The fourth-order valence-corrected chi connectivity index (χ4v) is 4.36. The number of amides is 1. The number of nitrogens with one attached hydrogen (secondary N) is 1. The monoisotopic (exact) mass is 294 g/mol. The highest BCUT2D eigenvalue weighted by Crippen LogP contribution is 2.34. The van der Waals surface area contributed by atoms with Crippen molar-refractivity contribution in [1.29, 1.82) is 0 Å². The van der Waals surface area contributed by atoms with Gasteiger partial charge in [-0.15, -0.1) is 0 Å². The SMILES string of the molecule is C[C@H]1C(=O)Nc2ccc(S(=O)(=O)N3CCCCC3)cc21. The van der Waals surface area contributed by atoms with Gasteiger partial charge in [0.25, 0.3) is 0 Å². The molecule has 2 aliphatic rings. The molecule has 3 rings (SSSR count). The zero-order valence-electron chi connectivity index (χ0n) is 11.4. The van der Waals surface area contributed by atoms with Crippen LogP contribution < -0.4 is 5.32 Å². The van der Waals surface area contributed by atoms with Crippen molar-refractivity contribution in [3.8, 4) is 0 Å². The van der Waals surface area contributed by atoms with Gasteiger partial charge in [-0.05, 0) is 43.5 Å². The van der Waals surface area contributed by atoms with Crippen molar-refractivity contribution >= 4 is 21.6 Å². The van der Waals surface area contributed by atoms with Gasteiger partial charge in [-0.3, -0.25) is 4.79 Å². The Morgan fingerprint density at radius 2 is 1.90 bits per heavy atom. The molecule has 1 saturated heterocycles. The maximum Gasteiger partial charge on any atom is 0.243 e. The Morgan fingerprint density at radius 3 is 2.60 bits per heavy atom. The molecule has 0 spiro atoms. The fourth-order valence-electron chi connectivity index (χ4n) is 2.81. The molecular formula is C14H18N2O3S. The minimum atomic E-state index is -3.43. The first-order valence-electron chi connectivity index (χ1n) is 6.95. The molecule has 0 radical (unpaired) electrons. The Labute approximate surface area is 119 Å². The van der Waals surface area contributed by atoms with Gasteiger partial charge in [0.05, 0.1) is 10.8 Å². The molecule has 1 atom stereocenters. The number of carbonyl (C=O) groups is 1. The van der Waals surface area contributed by atoms with Gasteiger partial charge < -0.3 is 5.32 Å². The van der Waals surface area contributed by atoms with E-state index in [1.807, 2.05) is 0 Å². The molecule has 2 heterocycles. The van der Waals surface area contributed by atoms with Crippen LogP contribution in [0.25, 0.3) is 0 Å². The second kappa shape index (κ2) is 4.86. The van der Waals surface area contributed by atoms with Crippen molar-refractivity contribution in [3.05, 3.63) is 23.8 Å². The quantitative estimate of drug-likeness (QED) is 0.906. The first kappa shape index (κ1) is 13.6. The smallest absolute Gasteiger partial charge is 0.243 e. The van der Waals surface area contributed by atoms with Gasteiger partial charge in [0, 0.05) is 18.8 Å². The van der Waals surface area contributed by atoms with E-state index < -0.39 is 10.0 Å². The lowest BCUT2D eigenvalue weighted by Gasteiger charge is -2.26. The molecule has 0 saturated carbocycles. The first-order valence-corrected chi connectivity index (χ1v) is 8.39. The molecule has 0 aliphatic carbocycles. The summed E-state index contributed by atoms with van der Waals surface area (Å²) >= 11 is 0. The molecule has 20 heavy (non-hydrogen) atoms. The van der Waals surface area contributed by atoms with Crippen molar-refractivity contribution in [2.75, 3.05) is 18.4 Å². The van der Waals surface area contributed by atoms with Gasteiger partial charge in [-0.25, -0.2) is 8.42 Å². The topological polar surface area (TPSA) is 66.5 Å². The predicted octanol–water partition coefficient (Wildman–Crippen LogP) is 1.92. The molecule has 0 unspecified atom stereocenters. The minimum absolute atomic E-state index is 0.0764. The Hall–Kier alpha value is -1.40. The molecule has 1 amide bonds. The van der Waals surface area contributed by atoms with Gasteiger partial charge in [-0.2, -0.15) is 4.31 Å². The number of piperidine rings is 1. The lowest BCUT2D eigenvalue weighted by Crippen LogP contribution is -2.35. The molecule has 0 bridgehead atoms. The van der Waals surface area contributed by atoms with E-state index in [4.69, 9.17) is 0 Å². The lowest BCUT2D eigenvalue weighted by atomic mass is 10.0. The zero-order chi connectivity index (χ0) is 14.3.